The molecule has 0 amide bonds. The molecule has 0 saturated heterocycles. The van der Waals surface area contributed by atoms with E-state index in [0.717, 1.165) is 25.3 Å². The van der Waals surface area contributed by atoms with Crippen LogP contribution in [0.2, 0.25) is 0 Å². The number of nitrogens with two attached hydrogens (primary N) is 1. The summed E-state index contributed by atoms with van der Waals surface area (Å²) in [4.78, 5) is 0. The number of hydrogen-bond acceptors (Lipinski definition) is 2. The monoisotopic (exact) mass is 293 g/mol. The van der Waals surface area contributed by atoms with Crippen LogP contribution in [0, 0.1) is 11.6 Å². The molecule has 0 heterocycles. The van der Waals surface area contributed by atoms with E-state index in [0.29, 0.717) is 17.6 Å². The van der Waals surface area contributed by atoms with E-state index in [1.807, 2.05) is 0 Å². The highest BCUT2D eigenvalue weighted by Gasteiger charge is 2.10. The minimum absolute atomic E-state index is 0.0559. The van der Waals surface area contributed by atoms with Gasteiger partial charge < -0.3 is 10.5 Å². The lowest BCUT2D eigenvalue weighted by Gasteiger charge is -2.08. The molecule has 0 bridgehead atoms. The summed E-state index contributed by atoms with van der Waals surface area (Å²) in [6, 6.07) is 2.48. The highest BCUT2D eigenvalue weighted by atomic mass is 79.9. The zero-order valence-corrected chi connectivity index (χ0v) is 10.4. The van der Waals surface area contributed by atoms with E-state index in [1.54, 1.807) is 0 Å². The lowest BCUT2D eigenvalue weighted by Crippen LogP contribution is -2.03. The van der Waals surface area contributed by atoms with Crippen molar-refractivity contribution < 1.29 is 13.5 Å². The number of rotatable bonds is 6. The van der Waals surface area contributed by atoms with Crippen molar-refractivity contribution >= 4 is 15.9 Å². The Labute approximate surface area is 102 Å². The fourth-order valence-corrected chi connectivity index (χ4v) is 1.65. The molecule has 2 N–H and O–H groups in total. The van der Waals surface area contributed by atoms with Gasteiger partial charge in [-0.2, -0.15) is 4.39 Å². The molecule has 0 unspecified atom stereocenters. The highest BCUT2D eigenvalue weighted by molar-refractivity contribution is 9.10. The van der Waals surface area contributed by atoms with Gasteiger partial charge in [-0.05, 0) is 37.9 Å². The van der Waals surface area contributed by atoms with Crippen LogP contribution in [0.3, 0.4) is 0 Å². The van der Waals surface area contributed by atoms with E-state index in [9.17, 15) is 8.78 Å². The van der Waals surface area contributed by atoms with Crippen LogP contribution < -0.4 is 10.5 Å². The van der Waals surface area contributed by atoms with Crippen molar-refractivity contribution in [3.05, 3.63) is 28.2 Å². The van der Waals surface area contributed by atoms with Gasteiger partial charge in [0.25, 0.3) is 0 Å². The lowest BCUT2D eigenvalue weighted by molar-refractivity contribution is 0.285. The third-order valence-electron chi connectivity index (χ3n) is 2.07. The summed E-state index contributed by atoms with van der Waals surface area (Å²) in [5, 5.41) is 0. The topological polar surface area (TPSA) is 35.2 Å². The Morgan fingerprint density at radius 3 is 2.62 bits per heavy atom. The molecular formula is C11H14BrF2NO. The van der Waals surface area contributed by atoms with Crippen LogP contribution in [0.25, 0.3) is 0 Å². The largest absolute Gasteiger partial charge is 0.490 e. The van der Waals surface area contributed by atoms with Crippen molar-refractivity contribution in [3.8, 4) is 5.75 Å². The fraction of sp³-hybridized carbons (Fsp3) is 0.455. The van der Waals surface area contributed by atoms with E-state index >= 15 is 0 Å². The lowest BCUT2D eigenvalue weighted by atomic mass is 10.2. The summed E-state index contributed by atoms with van der Waals surface area (Å²) in [6.45, 7) is 1.01. The molecule has 2 nitrogen and oxygen atoms in total. The van der Waals surface area contributed by atoms with Crippen molar-refractivity contribution in [2.24, 2.45) is 5.73 Å². The molecule has 0 spiro atoms. The van der Waals surface area contributed by atoms with E-state index < -0.39 is 11.6 Å². The minimum Gasteiger partial charge on any atom is -0.490 e. The second kappa shape index (κ2) is 6.81. The van der Waals surface area contributed by atoms with Gasteiger partial charge in [0.05, 0.1) is 6.61 Å². The second-order valence-electron chi connectivity index (χ2n) is 3.40. The predicted molar refractivity (Wildman–Crippen MR) is 62.5 cm³/mol. The Morgan fingerprint density at radius 1 is 1.19 bits per heavy atom. The molecule has 5 heteroatoms. The van der Waals surface area contributed by atoms with Crippen LogP contribution in [0.15, 0.2) is 16.6 Å². The first-order valence-electron chi connectivity index (χ1n) is 5.12. The smallest absolute Gasteiger partial charge is 0.200 e. The minimum atomic E-state index is -0.943. The van der Waals surface area contributed by atoms with Crippen LogP contribution in [0.1, 0.15) is 19.3 Å². The Bertz CT molecular complexity index is 347. The summed E-state index contributed by atoms with van der Waals surface area (Å²) in [5.41, 5.74) is 5.33. The predicted octanol–water partition coefficient (Wildman–Crippen LogP) is 3.24. The van der Waals surface area contributed by atoms with Gasteiger partial charge in [-0.15, -0.1) is 0 Å². The molecule has 16 heavy (non-hydrogen) atoms. The SMILES string of the molecule is NCCCCCOc1cc(Br)cc(F)c1F. The molecule has 0 aliphatic heterocycles. The molecule has 90 valence electrons. The zero-order chi connectivity index (χ0) is 12.0. The van der Waals surface area contributed by atoms with E-state index in [4.69, 9.17) is 10.5 Å². The van der Waals surface area contributed by atoms with Crippen LogP contribution in [-0.4, -0.2) is 13.2 Å². The first-order chi connectivity index (χ1) is 7.65. The summed E-state index contributed by atoms with van der Waals surface area (Å²) < 4.78 is 31.8. The number of hydrogen-bond donors (Lipinski definition) is 1. The molecule has 0 aliphatic rings. The Balaban J connectivity index is 2.47. The molecule has 0 atom stereocenters. The molecule has 0 fully saturated rings. The van der Waals surface area contributed by atoms with Crippen LogP contribution in [0.4, 0.5) is 8.78 Å². The van der Waals surface area contributed by atoms with Crippen molar-refractivity contribution in [2.45, 2.75) is 19.3 Å². The fourth-order valence-electron chi connectivity index (χ4n) is 1.24. The Kier molecular flexibility index (Phi) is 5.69. The van der Waals surface area contributed by atoms with Gasteiger partial charge in [-0.1, -0.05) is 15.9 Å². The van der Waals surface area contributed by atoms with Gasteiger partial charge in [0, 0.05) is 4.47 Å². The van der Waals surface area contributed by atoms with Gasteiger partial charge in [0.15, 0.2) is 11.6 Å². The van der Waals surface area contributed by atoms with Gasteiger partial charge >= 0.3 is 0 Å². The average Bonchev–Trinajstić information content (AvgIpc) is 2.24. The van der Waals surface area contributed by atoms with Gasteiger partial charge in [0.2, 0.25) is 5.82 Å². The maximum atomic E-state index is 13.2. The third kappa shape index (κ3) is 4.06. The van der Waals surface area contributed by atoms with Crippen LogP contribution >= 0.6 is 15.9 Å². The van der Waals surface area contributed by atoms with Crippen LogP contribution in [0.5, 0.6) is 5.75 Å². The van der Waals surface area contributed by atoms with Gasteiger partial charge in [0.1, 0.15) is 0 Å². The zero-order valence-electron chi connectivity index (χ0n) is 8.81. The van der Waals surface area contributed by atoms with E-state index in [2.05, 4.69) is 15.9 Å². The first kappa shape index (κ1) is 13.4. The van der Waals surface area contributed by atoms with Crippen molar-refractivity contribution in [1.29, 1.82) is 0 Å². The van der Waals surface area contributed by atoms with E-state index in [1.165, 1.54) is 6.07 Å². The van der Waals surface area contributed by atoms with Gasteiger partial charge in [-0.25, -0.2) is 4.39 Å². The summed E-state index contributed by atoms with van der Waals surface area (Å²) in [6.07, 6.45) is 2.62. The highest BCUT2D eigenvalue weighted by Crippen LogP contribution is 2.25. The maximum absolute atomic E-state index is 13.2. The normalized spacial score (nSPS) is 10.5. The number of benzene rings is 1. The van der Waals surface area contributed by atoms with Crippen molar-refractivity contribution in [3.63, 3.8) is 0 Å². The number of ether oxygens (including phenoxy) is 1. The summed E-state index contributed by atoms with van der Waals surface area (Å²) in [7, 11) is 0. The molecule has 0 radical (unpaired) electrons. The molecule has 1 rings (SSSR count). The molecule has 0 aromatic heterocycles. The van der Waals surface area contributed by atoms with Gasteiger partial charge in [-0.3, -0.25) is 0 Å². The van der Waals surface area contributed by atoms with Crippen LogP contribution in [-0.2, 0) is 0 Å². The molecule has 0 aliphatic carbocycles. The molecule has 0 saturated carbocycles. The van der Waals surface area contributed by atoms with Crippen molar-refractivity contribution in [2.75, 3.05) is 13.2 Å². The standard InChI is InChI=1S/C11H14BrF2NO/c12-8-6-9(13)11(14)10(7-8)16-5-3-1-2-4-15/h6-7H,1-5,15H2. The molecular weight excluding hydrogens is 280 g/mol. The molecule has 1 aromatic carbocycles. The second-order valence-corrected chi connectivity index (χ2v) is 4.31. The average molecular weight is 294 g/mol. The maximum Gasteiger partial charge on any atom is 0.200 e. The third-order valence-corrected chi connectivity index (χ3v) is 2.52. The Morgan fingerprint density at radius 2 is 1.94 bits per heavy atom. The van der Waals surface area contributed by atoms with E-state index in [-0.39, 0.29) is 5.75 Å². The Hall–Kier alpha value is -0.680. The molecule has 1 aromatic rings. The van der Waals surface area contributed by atoms with Crippen molar-refractivity contribution in [1.82, 2.24) is 0 Å². The summed E-state index contributed by atoms with van der Waals surface area (Å²) >= 11 is 3.08. The first-order valence-corrected chi connectivity index (χ1v) is 5.92. The number of halogens is 3. The number of unbranched alkanes of at least 4 members (excludes halogenated alkanes) is 2. The quantitative estimate of drug-likeness (QED) is 0.646. The summed E-state index contributed by atoms with van der Waals surface area (Å²) in [5.74, 6) is -1.91.